The maximum absolute atomic E-state index is 12.6. The predicted octanol–water partition coefficient (Wildman–Crippen LogP) is 2.62. The molecule has 0 bridgehead atoms. The molecule has 7 heteroatoms. The number of nitrogens with one attached hydrogen (secondary N) is 1. The van der Waals surface area contributed by atoms with Crippen molar-refractivity contribution < 1.29 is 17.7 Å². The first-order valence-corrected chi connectivity index (χ1v) is 10.1. The van der Waals surface area contributed by atoms with Gasteiger partial charge in [-0.2, -0.15) is 0 Å². The summed E-state index contributed by atoms with van der Waals surface area (Å²) in [5.74, 6) is 0. The molecule has 0 spiro atoms. The van der Waals surface area contributed by atoms with Gasteiger partial charge in [-0.3, -0.25) is 0 Å². The normalized spacial score (nSPS) is 20.1. The van der Waals surface area contributed by atoms with E-state index in [4.69, 9.17) is 9.31 Å². The van der Waals surface area contributed by atoms with Crippen LogP contribution in [0, 0.1) is 12.3 Å². The minimum Gasteiger partial charge on any atom is -0.399 e. The maximum Gasteiger partial charge on any atom is 0.495 e. The summed E-state index contributed by atoms with van der Waals surface area (Å²) in [6, 6.07) is 5.07. The predicted molar refractivity (Wildman–Crippen MR) is 102 cm³/mol. The third kappa shape index (κ3) is 4.45. The summed E-state index contributed by atoms with van der Waals surface area (Å²) in [4.78, 5) is 0.229. The monoisotopic (exact) mass is 367 g/mol. The second-order valence-electron chi connectivity index (χ2n) is 8.99. The van der Waals surface area contributed by atoms with Crippen molar-refractivity contribution in [1.29, 1.82) is 0 Å². The van der Waals surface area contributed by atoms with Crippen molar-refractivity contribution in [2.24, 2.45) is 5.41 Å². The van der Waals surface area contributed by atoms with Crippen LogP contribution in [0.25, 0.3) is 0 Å². The molecule has 5 nitrogen and oxygen atoms in total. The van der Waals surface area contributed by atoms with Gasteiger partial charge in [0.05, 0.1) is 16.1 Å². The molecule has 25 heavy (non-hydrogen) atoms. The van der Waals surface area contributed by atoms with E-state index in [-0.39, 0.29) is 10.3 Å². The van der Waals surface area contributed by atoms with Crippen molar-refractivity contribution in [3.05, 3.63) is 23.8 Å². The molecule has 0 saturated carbocycles. The summed E-state index contributed by atoms with van der Waals surface area (Å²) in [6.45, 7) is 16.2. The number of benzene rings is 1. The Bertz CT molecular complexity index is 735. The molecule has 0 atom stereocenters. The number of rotatable bonds is 4. The van der Waals surface area contributed by atoms with Crippen LogP contribution in [0.3, 0.4) is 0 Å². The highest BCUT2D eigenvalue weighted by Crippen LogP contribution is 2.36. The summed E-state index contributed by atoms with van der Waals surface area (Å²) in [6.07, 6.45) is 0. The third-order valence-electron chi connectivity index (χ3n) is 4.86. The molecule has 0 radical (unpaired) electrons. The van der Waals surface area contributed by atoms with Gasteiger partial charge in [0.2, 0.25) is 10.0 Å². The van der Waals surface area contributed by atoms with Crippen LogP contribution in [-0.2, 0) is 19.3 Å². The minimum atomic E-state index is -3.58. The summed E-state index contributed by atoms with van der Waals surface area (Å²) in [7, 11) is -4.16. The van der Waals surface area contributed by atoms with E-state index in [2.05, 4.69) is 4.72 Å². The van der Waals surface area contributed by atoms with Crippen molar-refractivity contribution in [2.45, 2.75) is 71.5 Å². The van der Waals surface area contributed by atoms with Gasteiger partial charge in [0.15, 0.2) is 0 Å². The van der Waals surface area contributed by atoms with Crippen molar-refractivity contribution >= 4 is 22.6 Å². The Labute approximate surface area is 152 Å². The van der Waals surface area contributed by atoms with Crippen LogP contribution < -0.4 is 10.2 Å². The van der Waals surface area contributed by atoms with E-state index >= 15 is 0 Å². The molecule has 0 aliphatic carbocycles. The van der Waals surface area contributed by atoms with E-state index in [0.29, 0.717) is 6.54 Å². The van der Waals surface area contributed by atoms with E-state index in [1.165, 1.54) is 0 Å². The molecule has 1 aliphatic rings. The molecule has 0 aromatic heterocycles. The first kappa shape index (κ1) is 20.4. The second kappa shape index (κ2) is 6.37. The SMILES string of the molecule is Cc1ccc(S(=O)(=O)NCC(C)(C)C)cc1B1OC(C)(C)C(C)(C)O1. The Morgan fingerprint density at radius 2 is 1.60 bits per heavy atom. The second-order valence-corrected chi connectivity index (χ2v) is 10.8. The average Bonchev–Trinajstić information content (AvgIpc) is 2.65. The Kier molecular flexibility index (Phi) is 5.21. The zero-order chi connectivity index (χ0) is 19.3. The van der Waals surface area contributed by atoms with Gasteiger partial charge in [0, 0.05) is 6.54 Å². The molecule has 1 heterocycles. The van der Waals surface area contributed by atoms with Crippen molar-refractivity contribution in [1.82, 2.24) is 4.72 Å². The van der Waals surface area contributed by atoms with Crippen molar-refractivity contribution in [2.75, 3.05) is 6.54 Å². The van der Waals surface area contributed by atoms with Gasteiger partial charge in [0.1, 0.15) is 0 Å². The fourth-order valence-electron chi connectivity index (χ4n) is 2.40. The average molecular weight is 367 g/mol. The van der Waals surface area contributed by atoms with Crippen LogP contribution >= 0.6 is 0 Å². The maximum atomic E-state index is 12.6. The molecule has 1 aliphatic heterocycles. The van der Waals surface area contributed by atoms with E-state index < -0.39 is 28.3 Å². The van der Waals surface area contributed by atoms with Crippen molar-refractivity contribution in [3.8, 4) is 0 Å². The fourth-order valence-corrected chi connectivity index (χ4v) is 3.72. The highest BCUT2D eigenvalue weighted by molar-refractivity contribution is 7.89. The van der Waals surface area contributed by atoms with Crippen LogP contribution in [-0.4, -0.2) is 33.3 Å². The molecular formula is C18H30BNO4S. The molecule has 1 fully saturated rings. The first-order valence-electron chi connectivity index (χ1n) is 8.61. The van der Waals surface area contributed by atoms with Crippen LogP contribution in [0.1, 0.15) is 54.0 Å². The van der Waals surface area contributed by atoms with Crippen LogP contribution in [0.15, 0.2) is 23.1 Å². The van der Waals surface area contributed by atoms with E-state index in [9.17, 15) is 8.42 Å². The largest absolute Gasteiger partial charge is 0.495 e. The number of hydrogen-bond acceptors (Lipinski definition) is 4. The fraction of sp³-hybridized carbons (Fsp3) is 0.667. The summed E-state index contributed by atoms with van der Waals surface area (Å²) in [5.41, 5.74) is 0.616. The van der Waals surface area contributed by atoms with Gasteiger partial charge in [0.25, 0.3) is 0 Å². The Balaban J connectivity index is 2.33. The third-order valence-corrected chi connectivity index (χ3v) is 6.26. The molecule has 1 N–H and O–H groups in total. The van der Waals surface area contributed by atoms with Gasteiger partial charge >= 0.3 is 7.12 Å². The van der Waals surface area contributed by atoms with Gasteiger partial charge in [-0.15, -0.1) is 0 Å². The standard InChI is InChI=1S/C18H30BNO4S/c1-13-9-10-14(25(21,22)20-12-16(2,3)4)11-15(13)19-23-17(5,6)18(7,8)24-19/h9-11,20H,12H2,1-8H3. The molecule has 140 valence electrons. The van der Waals surface area contributed by atoms with E-state index in [1.807, 2.05) is 55.4 Å². The van der Waals surface area contributed by atoms with Crippen LogP contribution in [0.5, 0.6) is 0 Å². The molecule has 1 saturated heterocycles. The topological polar surface area (TPSA) is 64.6 Å². The first-order chi connectivity index (χ1) is 11.1. The lowest BCUT2D eigenvalue weighted by atomic mass is 9.76. The van der Waals surface area contributed by atoms with Gasteiger partial charge in [-0.25, -0.2) is 13.1 Å². The van der Waals surface area contributed by atoms with Crippen LogP contribution in [0.2, 0.25) is 0 Å². The molecule has 1 aromatic carbocycles. The van der Waals surface area contributed by atoms with E-state index in [1.54, 1.807) is 18.2 Å². The highest BCUT2D eigenvalue weighted by atomic mass is 32.2. The lowest BCUT2D eigenvalue weighted by Crippen LogP contribution is -2.41. The summed E-state index contributed by atoms with van der Waals surface area (Å²) in [5, 5.41) is 0. The molecular weight excluding hydrogens is 337 g/mol. The summed E-state index contributed by atoms with van der Waals surface area (Å²) < 4.78 is 40.1. The van der Waals surface area contributed by atoms with Gasteiger partial charge in [-0.05, 0) is 57.6 Å². The Morgan fingerprint density at radius 3 is 2.08 bits per heavy atom. The van der Waals surface area contributed by atoms with Gasteiger partial charge < -0.3 is 9.31 Å². The number of sulfonamides is 1. The van der Waals surface area contributed by atoms with Crippen LogP contribution in [0.4, 0.5) is 0 Å². The molecule has 2 rings (SSSR count). The molecule has 0 unspecified atom stereocenters. The smallest absolute Gasteiger partial charge is 0.399 e. The number of hydrogen-bond donors (Lipinski definition) is 1. The lowest BCUT2D eigenvalue weighted by Gasteiger charge is -2.32. The highest BCUT2D eigenvalue weighted by Gasteiger charge is 2.52. The lowest BCUT2D eigenvalue weighted by molar-refractivity contribution is 0.00578. The number of aryl methyl sites for hydroxylation is 1. The van der Waals surface area contributed by atoms with Gasteiger partial charge in [-0.1, -0.05) is 32.4 Å². The molecule has 0 amide bonds. The Morgan fingerprint density at radius 1 is 1.08 bits per heavy atom. The molecule has 1 aromatic rings. The quantitative estimate of drug-likeness (QED) is 0.831. The van der Waals surface area contributed by atoms with E-state index in [0.717, 1.165) is 11.0 Å². The van der Waals surface area contributed by atoms with Crippen molar-refractivity contribution in [3.63, 3.8) is 0 Å². The Hall–Kier alpha value is -0.885. The minimum absolute atomic E-state index is 0.133. The zero-order valence-corrected chi connectivity index (χ0v) is 17.4. The summed E-state index contributed by atoms with van der Waals surface area (Å²) >= 11 is 0. The zero-order valence-electron chi connectivity index (χ0n) is 16.6.